The fraction of sp³-hybridized carbons (Fsp3) is 0.217. The molecule has 0 radical (unpaired) electrons. The molecule has 0 saturated carbocycles. The molecule has 0 spiro atoms. The number of aromatic nitrogens is 2. The largest absolute Gasteiger partial charge is 0.475 e. The molecule has 0 atom stereocenters. The smallest absolute Gasteiger partial charge is 0.267 e. The monoisotopic (exact) mass is 466 g/mol. The van der Waals surface area contributed by atoms with Gasteiger partial charge < -0.3 is 26.0 Å². The number of carbonyl (C=O) groups excluding carboxylic acids is 2. The van der Waals surface area contributed by atoms with Crippen molar-refractivity contribution >= 4 is 34.9 Å². The number of amides is 2. The van der Waals surface area contributed by atoms with Crippen molar-refractivity contribution in [2.45, 2.75) is 6.54 Å². The average molecular weight is 467 g/mol. The quantitative estimate of drug-likeness (QED) is 0.590. The van der Waals surface area contributed by atoms with Crippen LogP contribution in [0, 0.1) is 0 Å². The first kappa shape index (κ1) is 22.5. The number of hydrogen-bond donors (Lipinski definition) is 2. The van der Waals surface area contributed by atoms with Crippen LogP contribution < -0.4 is 21.1 Å². The summed E-state index contributed by atoms with van der Waals surface area (Å²) >= 11 is 6.53. The predicted octanol–water partition coefficient (Wildman–Crippen LogP) is 2.34. The molecule has 1 aromatic heterocycles. The van der Waals surface area contributed by atoms with E-state index in [9.17, 15) is 9.59 Å². The number of anilines is 2. The average Bonchev–Trinajstić information content (AvgIpc) is 2.98. The SMILES string of the molecule is CN(Cc1ccc(-c2ccc(N3CCOc4ncnc(N)c4C3=O)cc2)c(Cl)c1)C(=O)CN. The van der Waals surface area contributed by atoms with Crippen LogP contribution in [0.2, 0.25) is 5.02 Å². The van der Waals surface area contributed by atoms with Gasteiger partial charge in [-0.2, -0.15) is 0 Å². The normalized spacial score (nSPS) is 13.2. The lowest BCUT2D eigenvalue weighted by molar-refractivity contribution is -0.128. The van der Waals surface area contributed by atoms with Crippen molar-refractivity contribution in [2.75, 3.05) is 37.4 Å². The second-order valence-electron chi connectivity index (χ2n) is 7.56. The molecule has 0 aliphatic carbocycles. The van der Waals surface area contributed by atoms with Gasteiger partial charge >= 0.3 is 0 Å². The van der Waals surface area contributed by atoms with Crippen LogP contribution in [0.4, 0.5) is 11.5 Å². The third-order valence-corrected chi connectivity index (χ3v) is 5.71. The summed E-state index contributed by atoms with van der Waals surface area (Å²) in [5, 5.41) is 0.562. The van der Waals surface area contributed by atoms with E-state index in [1.165, 1.54) is 6.33 Å². The van der Waals surface area contributed by atoms with E-state index in [0.717, 1.165) is 16.7 Å². The highest BCUT2D eigenvalue weighted by molar-refractivity contribution is 6.33. The Balaban J connectivity index is 1.56. The predicted molar refractivity (Wildman–Crippen MR) is 126 cm³/mol. The molecule has 0 saturated heterocycles. The van der Waals surface area contributed by atoms with E-state index >= 15 is 0 Å². The number of hydrogen-bond acceptors (Lipinski definition) is 7. The van der Waals surface area contributed by atoms with Crippen molar-refractivity contribution in [3.63, 3.8) is 0 Å². The Morgan fingerprint density at radius 2 is 1.97 bits per heavy atom. The van der Waals surface area contributed by atoms with Crippen LogP contribution in [0.1, 0.15) is 15.9 Å². The first-order chi connectivity index (χ1) is 15.9. The molecule has 4 rings (SSSR count). The number of rotatable bonds is 5. The Morgan fingerprint density at radius 1 is 1.21 bits per heavy atom. The summed E-state index contributed by atoms with van der Waals surface area (Å²) in [5.41, 5.74) is 14.8. The summed E-state index contributed by atoms with van der Waals surface area (Å²) in [6, 6.07) is 13.1. The summed E-state index contributed by atoms with van der Waals surface area (Å²) in [5.74, 6) is -0.182. The third-order valence-electron chi connectivity index (χ3n) is 5.40. The number of carbonyl (C=O) groups is 2. The van der Waals surface area contributed by atoms with E-state index in [-0.39, 0.29) is 42.2 Å². The van der Waals surface area contributed by atoms with Crippen LogP contribution in [0.5, 0.6) is 5.88 Å². The Bertz CT molecular complexity index is 1200. The van der Waals surface area contributed by atoms with Gasteiger partial charge in [0.2, 0.25) is 11.8 Å². The molecule has 2 aromatic carbocycles. The Kier molecular flexibility index (Phi) is 6.43. The van der Waals surface area contributed by atoms with Crippen molar-refractivity contribution in [1.29, 1.82) is 0 Å². The molecule has 170 valence electrons. The second kappa shape index (κ2) is 9.43. The topological polar surface area (TPSA) is 128 Å². The lowest BCUT2D eigenvalue weighted by Gasteiger charge is -2.20. The number of nitrogen functional groups attached to an aromatic ring is 1. The van der Waals surface area contributed by atoms with Crippen LogP contribution in [0.25, 0.3) is 11.1 Å². The zero-order chi connectivity index (χ0) is 23.5. The van der Waals surface area contributed by atoms with Gasteiger partial charge in [-0.3, -0.25) is 9.59 Å². The number of nitrogens with zero attached hydrogens (tertiary/aromatic N) is 4. The Morgan fingerprint density at radius 3 is 2.67 bits per heavy atom. The van der Waals surface area contributed by atoms with Gasteiger partial charge in [0.1, 0.15) is 24.3 Å². The standard InChI is InChI=1S/C23H23ClN6O3/c1-29(19(31)11-25)12-14-2-7-17(18(24)10-14)15-3-5-16(6-4-15)30-8-9-33-22-20(23(30)32)21(26)27-13-28-22/h2-7,10,13H,8-9,11-12,25H2,1H3,(H2,26,27,28). The van der Waals surface area contributed by atoms with Gasteiger partial charge in [0.25, 0.3) is 5.91 Å². The maximum Gasteiger partial charge on any atom is 0.267 e. The molecule has 2 amide bonds. The molecule has 33 heavy (non-hydrogen) atoms. The number of likely N-dealkylation sites (N-methyl/N-ethyl adjacent to an activating group) is 1. The van der Waals surface area contributed by atoms with Crippen molar-refractivity contribution in [3.8, 4) is 17.0 Å². The first-order valence-electron chi connectivity index (χ1n) is 10.3. The molecule has 0 fully saturated rings. The molecule has 0 bridgehead atoms. The van der Waals surface area contributed by atoms with Crippen molar-refractivity contribution < 1.29 is 14.3 Å². The third kappa shape index (κ3) is 4.59. The fourth-order valence-corrected chi connectivity index (χ4v) is 3.95. The van der Waals surface area contributed by atoms with E-state index in [0.29, 0.717) is 23.8 Å². The lowest BCUT2D eigenvalue weighted by Crippen LogP contribution is -2.32. The Hall–Kier alpha value is -3.69. The van der Waals surface area contributed by atoms with Gasteiger partial charge in [-0.25, -0.2) is 9.97 Å². The maximum atomic E-state index is 13.1. The molecular weight excluding hydrogens is 444 g/mol. The minimum Gasteiger partial charge on any atom is -0.475 e. The molecule has 10 heteroatoms. The highest BCUT2D eigenvalue weighted by Crippen LogP contribution is 2.32. The Labute approximate surface area is 195 Å². The minimum absolute atomic E-state index is 0.0362. The van der Waals surface area contributed by atoms with Crippen LogP contribution >= 0.6 is 11.6 Å². The van der Waals surface area contributed by atoms with Crippen LogP contribution in [-0.4, -0.2) is 53.4 Å². The van der Waals surface area contributed by atoms with Gasteiger partial charge in [-0.15, -0.1) is 0 Å². The fourth-order valence-electron chi connectivity index (χ4n) is 3.64. The second-order valence-corrected chi connectivity index (χ2v) is 7.97. The summed E-state index contributed by atoms with van der Waals surface area (Å²) in [6.07, 6.45) is 1.27. The van der Waals surface area contributed by atoms with E-state index in [4.69, 9.17) is 27.8 Å². The number of fused-ring (bicyclic) bond motifs is 1. The summed E-state index contributed by atoms with van der Waals surface area (Å²) in [4.78, 5) is 35.9. The van der Waals surface area contributed by atoms with Gasteiger partial charge in [0.15, 0.2) is 0 Å². The van der Waals surface area contributed by atoms with Gasteiger partial charge in [0, 0.05) is 29.9 Å². The summed E-state index contributed by atoms with van der Waals surface area (Å²) < 4.78 is 5.58. The number of ether oxygens (including phenoxy) is 1. The number of halogens is 1. The highest BCUT2D eigenvalue weighted by atomic mass is 35.5. The van der Waals surface area contributed by atoms with E-state index in [1.54, 1.807) is 16.8 Å². The zero-order valence-corrected chi connectivity index (χ0v) is 18.7. The van der Waals surface area contributed by atoms with E-state index in [2.05, 4.69) is 9.97 Å². The molecule has 3 aromatic rings. The van der Waals surface area contributed by atoms with Gasteiger partial charge in [-0.05, 0) is 29.3 Å². The zero-order valence-electron chi connectivity index (χ0n) is 18.0. The van der Waals surface area contributed by atoms with Crippen LogP contribution in [0.3, 0.4) is 0 Å². The summed E-state index contributed by atoms with van der Waals surface area (Å²) in [7, 11) is 1.70. The molecule has 0 unspecified atom stereocenters. The molecule has 9 nitrogen and oxygen atoms in total. The van der Waals surface area contributed by atoms with Crippen molar-refractivity contribution in [3.05, 3.63) is 64.9 Å². The molecule has 4 N–H and O–H groups in total. The molecular formula is C23H23ClN6O3. The van der Waals surface area contributed by atoms with Crippen LogP contribution in [0.15, 0.2) is 48.8 Å². The lowest BCUT2D eigenvalue weighted by atomic mass is 10.0. The minimum atomic E-state index is -0.313. The number of benzene rings is 2. The van der Waals surface area contributed by atoms with Gasteiger partial charge in [0.05, 0.1) is 13.1 Å². The maximum absolute atomic E-state index is 13.1. The van der Waals surface area contributed by atoms with Crippen molar-refractivity contribution in [1.82, 2.24) is 14.9 Å². The van der Waals surface area contributed by atoms with E-state index < -0.39 is 0 Å². The van der Waals surface area contributed by atoms with Crippen molar-refractivity contribution in [2.24, 2.45) is 5.73 Å². The van der Waals surface area contributed by atoms with Crippen LogP contribution in [-0.2, 0) is 11.3 Å². The molecule has 1 aliphatic heterocycles. The first-order valence-corrected chi connectivity index (χ1v) is 10.6. The van der Waals surface area contributed by atoms with E-state index in [1.807, 2.05) is 42.5 Å². The highest BCUT2D eigenvalue weighted by Gasteiger charge is 2.28. The molecule has 1 aliphatic rings. The van der Waals surface area contributed by atoms with Gasteiger partial charge in [-0.1, -0.05) is 35.9 Å². The molecule has 2 heterocycles. The number of nitrogens with two attached hydrogens (primary N) is 2. The summed E-state index contributed by atoms with van der Waals surface area (Å²) in [6.45, 7) is 1.01.